The SMILES string of the molecule is Sc1[c-]cc2scnc2c1.[Zn]. The molecule has 52 valence electrons. The number of hydrogen-bond donors (Lipinski definition) is 1. The average molecular weight is 232 g/mol. The maximum atomic E-state index is 4.14. The Morgan fingerprint density at radius 3 is 3.18 bits per heavy atom. The molecule has 0 aliphatic rings. The zero-order valence-corrected chi connectivity index (χ0v) is 10.4. The third kappa shape index (κ3) is 1.81. The van der Waals surface area contributed by atoms with Crippen LogP contribution in [0.5, 0.6) is 0 Å². The number of thiazole rings is 1. The molecule has 1 heterocycles. The fraction of sp³-hybridized carbons (Fsp3) is 0. The molecule has 0 saturated heterocycles. The average Bonchev–Trinajstić information content (AvgIpc) is 2.33. The van der Waals surface area contributed by atoms with E-state index in [2.05, 4.69) is 23.7 Å². The van der Waals surface area contributed by atoms with Crippen LogP contribution in [0.2, 0.25) is 0 Å². The monoisotopic (exact) mass is 230 g/mol. The van der Waals surface area contributed by atoms with Crippen LogP contribution in [0.15, 0.2) is 22.5 Å². The molecular formula is C7H4NS2Zn-. The molecule has 1 nitrogen and oxygen atoms in total. The van der Waals surface area contributed by atoms with E-state index in [0.29, 0.717) is 0 Å². The summed E-state index contributed by atoms with van der Waals surface area (Å²) in [5.41, 5.74) is 2.83. The van der Waals surface area contributed by atoms with Gasteiger partial charge in [-0.15, -0.1) is 11.0 Å². The number of fused-ring (bicyclic) bond motifs is 1. The van der Waals surface area contributed by atoms with E-state index in [4.69, 9.17) is 0 Å². The van der Waals surface area contributed by atoms with Gasteiger partial charge >= 0.3 is 0 Å². The minimum Gasteiger partial charge on any atom is -0.272 e. The molecule has 1 aromatic heterocycles. The molecule has 0 aliphatic carbocycles. The number of benzene rings is 1. The van der Waals surface area contributed by atoms with Gasteiger partial charge in [0.15, 0.2) is 0 Å². The fourth-order valence-electron chi connectivity index (χ4n) is 0.791. The number of thiol groups is 1. The Morgan fingerprint density at radius 1 is 1.55 bits per heavy atom. The fourth-order valence-corrected chi connectivity index (χ4v) is 1.62. The second-order valence-electron chi connectivity index (χ2n) is 1.92. The molecule has 0 spiro atoms. The van der Waals surface area contributed by atoms with Gasteiger partial charge in [0.25, 0.3) is 0 Å². The van der Waals surface area contributed by atoms with Crippen molar-refractivity contribution in [2.75, 3.05) is 0 Å². The molecule has 0 aliphatic heterocycles. The normalized spacial score (nSPS) is 9.55. The van der Waals surface area contributed by atoms with Crippen molar-refractivity contribution in [2.24, 2.45) is 0 Å². The van der Waals surface area contributed by atoms with Gasteiger partial charge in [0, 0.05) is 19.5 Å². The second kappa shape index (κ2) is 3.66. The van der Waals surface area contributed by atoms with E-state index in [-0.39, 0.29) is 19.5 Å². The van der Waals surface area contributed by atoms with Crippen molar-refractivity contribution in [3.05, 3.63) is 23.7 Å². The van der Waals surface area contributed by atoms with E-state index in [0.717, 1.165) is 15.1 Å². The molecule has 2 rings (SSSR count). The molecule has 2 aromatic rings. The van der Waals surface area contributed by atoms with E-state index in [1.165, 1.54) is 0 Å². The molecule has 0 radical (unpaired) electrons. The van der Waals surface area contributed by atoms with Gasteiger partial charge in [0.05, 0.1) is 5.51 Å². The van der Waals surface area contributed by atoms with Gasteiger partial charge in [-0.25, -0.2) is 0 Å². The summed E-state index contributed by atoms with van der Waals surface area (Å²) in [4.78, 5) is 4.97. The maximum absolute atomic E-state index is 4.14. The predicted molar refractivity (Wildman–Crippen MR) is 45.7 cm³/mol. The molecule has 0 amide bonds. The summed E-state index contributed by atoms with van der Waals surface area (Å²) in [6.07, 6.45) is 0. The summed E-state index contributed by atoms with van der Waals surface area (Å²) >= 11 is 5.76. The van der Waals surface area contributed by atoms with Crippen molar-refractivity contribution in [2.45, 2.75) is 4.90 Å². The van der Waals surface area contributed by atoms with Crippen LogP contribution in [0.4, 0.5) is 0 Å². The first-order chi connectivity index (χ1) is 4.86. The van der Waals surface area contributed by atoms with Crippen molar-refractivity contribution in [1.29, 1.82) is 0 Å². The molecule has 0 bridgehead atoms. The van der Waals surface area contributed by atoms with Crippen LogP contribution in [0, 0.1) is 6.07 Å². The Hall–Kier alpha value is 0.0834. The van der Waals surface area contributed by atoms with Crippen molar-refractivity contribution in [3.8, 4) is 0 Å². The minimum absolute atomic E-state index is 0. The molecule has 0 unspecified atom stereocenters. The van der Waals surface area contributed by atoms with Crippen molar-refractivity contribution in [3.63, 3.8) is 0 Å². The molecule has 1 aromatic carbocycles. The number of hydrogen-bond acceptors (Lipinski definition) is 3. The van der Waals surface area contributed by atoms with Crippen LogP contribution in [0.3, 0.4) is 0 Å². The molecule has 0 saturated carbocycles. The standard InChI is InChI=1S/C7H4NS2.Zn/c9-5-1-2-7-6(3-5)8-4-10-7;/h2-4,9H;/q-1;. The quantitative estimate of drug-likeness (QED) is 0.417. The second-order valence-corrected chi connectivity index (χ2v) is 3.29. The van der Waals surface area contributed by atoms with Crippen LogP contribution < -0.4 is 0 Å². The van der Waals surface area contributed by atoms with Crippen LogP contribution in [-0.4, -0.2) is 4.98 Å². The van der Waals surface area contributed by atoms with E-state index in [1.54, 1.807) is 11.3 Å². The van der Waals surface area contributed by atoms with Gasteiger partial charge in [0.1, 0.15) is 0 Å². The van der Waals surface area contributed by atoms with Crippen LogP contribution in [0.25, 0.3) is 10.2 Å². The van der Waals surface area contributed by atoms with Crippen LogP contribution in [0.1, 0.15) is 0 Å². The van der Waals surface area contributed by atoms with Crippen LogP contribution in [-0.2, 0) is 19.5 Å². The van der Waals surface area contributed by atoms with Crippen molar-refractivity contribution in [1.82, 2.24) is 4.98 Å². The number of aromatic nitrogens is 1. The van der Waals surface area contributed by atoms with Gasteiger partial charge in [-0.1, -0.05) is 4.70 Å². The summed E-state index contributed by atoms with van der Waals surface area (Å²) < 4.78 is 1.16. The molecule has 0 fully saturated rings. The van der Waals surface area contributed by atoms with Gasteiger partial charge < -0.3 is 0 Å². The van der Waals surface area contributed by atoms with Crippen LogP contribution >= 0.6 is 24.0 Å². The smallest absolute Gasteiger partial charge is 0.0657 e. The molecule has 4 heteroatoms. The molecular weight excluding hydrogens is 228 g/mol. The summed E-state index contributed by atoms with van der Waals surface area (Å²) in [5.74, 6) is 0. The molecule has 0 atom stereocenters. The summed E-state index contributed by atoms with van der Waals surface area (Å²) in [6, 6.07) is 6.82. The van der Waals surface area contributed by atoms with E-state index in [9.17, 15) is 0 Å². The van der Waals surface area contributed by atoms with Gasteiger partial charge in [-0.2, -0.15) is 36.1 Å². The Bertz CT molecular complexity index is 358. The van der Waals surface area contributed by atoms with Gasteiger partial charge in [0.2, 0.25) is 0 Å². The Kier molecular flexibility index (Phi) is 3.05. The Morgan fingerprint density at radius 2 is 2.36 bits per heavy atom. The van der Waals surface area contributed by atoms with Crippen molar-refractivity contribution < 1.29 is 19.5 Å². The zero-order chi connectivity index (χ0) is 6.97. The Balaban J connectivity index is 0.000000605. The Labute approximate surface area is 87.0 Å². The summed E-state index contributed by atoms with van der Waals surface area (Å²) in [5, 5.41) is 0. The largest absolute Gasteiger partial charge is 0.272 e. The van der Waals surface area contributed by atoms with Gasteiger partial charge in [-0.3, -0.25) is 4.98 Å². The number of nitrogens with zero attached hydrogens (tertiary/aromatic N) is 1. The van der Waals surface area contributed by atoms with E-state index >= 15 is 0 Å². The van der Waals surface area contributed by atoms with E-state index < -0.39 is 0 Å². The van der Waals surface area contributed by atoms with Crippen molar-refractivity contribution >= 4 is 34.2 Å². The van der Waals surface area contributed by atoms with Gasteiger partial charge in [-0.05, 0) is 5.52 Å². The first-order valence-corrected chi connectivity index (χ1v) is 4.13. The predicted octanol–water partition coefficient (Wildman–Crippen LogP) is 2.38. The summed E-state index contributed by atoms with van der Waals surface area (Å²) in [6.45, 7) is 0. The van der Waals surface area contributed by atoms with E-state index in [1.807, 2.05) is 17.6 Å². The third-order valence-corrected chi connectivity index (χ3v) is 2.30. The maximum Gasteiger partial charge on any atom is 0.0657 e. The minimum atomic E-state index is 0. The summed E-state index contributed by atoms with van der Waals surface area (Å²) in [7, 11) is 0. The molecule has 11 heavy (non-hydrogen) atoms. The first-order valence-electron chi connectivity index (χ1n) is 2.80. The number of rotatable bonds is 0. The topological polar surface area (TPSA) is 12.9 Å². The molecule has 0 N–H and O–H groups in total. The first kappa shape index (κ1) is 9.17. The third-order valence-electron chi connectivity index (χ3n) is 1.25. The zero-order valence-electron chi connectivity index (χ0n) is 5.74.